The fourth-order valence-corrected chi connectivity index (χ4v) is 14.4. The smallest absolute Gasteiger partial charge is 0.0594 e. The van der Waals surface area contributed by atoms with Crippen molar-refractivity contribution in [3.05, 3.63) is 0 Å². The molecule has 0 heterocycles. The summed E-state index contributed by atoms with van der Waals surface area (Å²) < 4.78 is 0. The maximum absolute atomic E-state index is 2.36. The first-order valence-electron chi connectivity index (χ1n) is 27.1. The van der Waals surface area contributed by atoms with Gasteiger partial charge in [0.2, 0.25) is 0 Å². The summed E-state index contributed by atoms with van der Waals surface area (Å²) in [5.41, 5.74) is 0. The van der Waals surface area contributed by atoms with Gasteiger partial charge in [-0.2, -0.15) is 0 Å². The Morgan fingerprint density at radius 2 is 0.255 bits per heavy atom. The van der Waals surface area contributed by atoms with E-state index in [2.05, 4.69) is 27.7 Å². The van der Waals surface area contributed by atoms with Crippen molar-refractivity contribution in [2.45, 2.75) is 323 Å². The van der Waals surface area contributed by atoms with E-state index in [1.807, 2.05) is 0 Å². The summed E-state index contributed by atoms with van der Waals surface area (Å²) in [5.74, 6) is 0. The largest absolute Gasteiger partial charge is 0.0654 e. The van der Waals surface area contributed by atoms with Gasteiger partial charge in [-0.15, -0.1) is 0 Å². The molecule has 0 spiro atoms. The molecule has 1 heteroatoms. The van der Waals surface area contributed by atoms with Crippen molar-refractivity contribution >= 4 is 7.26 Å². The Hall–Kier alpha value is 0.430. The molecule has 0 saturated heterocycles. The fraction of sp³-hybridized carbons (Fsp3) is 1.00. The van der Waals surface area contributed by atoms with Gasteiger partial charge in [-0.1, -0.05) is 272 Å². The predicted octanol–water partition coefficient (Wildman–Crippen LogP) is 21.0. The molecule has 0 bridgehead atoms. The topological polar surface area (TPSA) is 0 Å². The first kappa shape index (κ1) is 55.4. The van der Waals surface area contributed by atoms with E-state index in [1.165, 1.54) is 270 Å². The van der Waals surface area contributed by atoms with Gasteiger partial charge in [-0.3, -0.25) is 0 Å². The minimum absolute atomic E-state index is 0.804. The molecule has 55 heavy (non-hydrogen) atoms. The number of hydrogen-bond donors (Lipinski definition) is 0. The lowest BCUT2D eigenvalue weighted by Crippen LogP contribution is -2.13. The van der Waals surface area contributed by atoms with E-state index in [-0.39, 0.29) is 0 Å². The molecule has 0 atom stereocenters. The van der Waals surface area contributed by atoms with Crippen LogP contribution in [0.4, 0.5) is 0 Å². The van der Waals surface area contributed by atoms with Crippen molar-refractivity contribution < 1.29 is 0 Å². The standard InChI is InChI=1S/C54H112P/c1-5-9-13-17-21-24-27-30-33-36-40-44-48-52-55(51-47-43-39-20-16-12-8-4,53-49-45-41-37-34-31-28-25-22-18-14-10-6-2)54-50-46-42-38-35-32-29-26-23-19-15-11-7-3/h5-54H2,1-4H3/q+1. The fourth-order valence-electron chi connectivity index (χ4n) is 9.47. The second-order valence-electron chi connectivity index (χ2n) is 19.1. The molecule has 332 valence electrons. The minimum atomic E-state index is -0.804. The Bertz CT molecular complexity index is 582. The quantitative estimate of drug-likeness (QED) is 0.0425. The monoisotopic (exact) mass is 792 g/mol. The highest BCUT2D eigenvalue weighted by atomic mass is 31.2. The van der Waals surface area contributed by atoms with Gasteiger partial charge in [-0.05, 0) is 51.4 Å². The zero-order valence-electron chi connectivity index (χ0n) is 39.8. The van der Waals surface area contributed by atoms with Gasteiger partial charge in [0, 0.05) is 7.26 Å². The van der Waals surface area contributed by atoms with E-state index >= 15 is 0 Å². The van der Waals surface area contributed by atoms with Crippen LogP contribution >= 0.6 is 7.26 Å². The molecule has 0 aromatic heterocycles. The molecule has 0 aromatic carbocycles. The Morgan fingerprint density at radius 3 is 0.382 bits per heavy atom. The lowest BCUT2D eigenvalue weighted by molar-refractivity contribution is 0.541. The van der Waals surface area contributed by atoms with Crippen LogP contribution in [0.15, 0.2) is 0 Å². The highest BCUT2D eigenvalue weighted by Crippen LogP contribution is 2.61. The van der Waals surface area contributed by atoms with Crippen LogP contribution in [0.5, 0.6) is 0 Å². The second kappa shape index (κ2) is 48.8. The van der Waals surface area contributed by atoms with Crippen molar-refractivity contribution in [1.82, 2.24) is 0 Å². The molecule has 0 nitrogen and oxygen atoms in total. The lowest BCUT2D eigenvalue weighted by atomic mass is 10.0. The first-order chi connectivity index (χ1) is 27.2. The first-order valence-corrected chi connectivity index (χ1v) is 29.6. The van der Waals surface area contributed by atoms with Gasteiger partial charge < -0.3 is 0 Å². The number of unbranched alkanes of at least 4 members (excludes halogenated alkanes) is 42. The molecule has 0 saturated carbocycles. The van der Waals surface area contributed by atoms with Crippen LogP contribution in [0.2, 0.25) is 0 Å². The zero-order chi connectivity index (χ0) is 39.9. The molecule has 0 aliphatic heterocycles. The summed E-state index contributed by atoms with van der Waals surface area (Å²) in [5, 5.41) is 0. The Balaban J connectivity index is 4.79. The highest BCUT2D eigenvalue weighted by molar-refractivity contribution is 7.75. The summed E-state index contributed by atoms with van der Waals surface area (Å²) in [6, 6.07) is 0. The lowest BCUT2D eigenvalue weighted by Gasteiger charge is -2.28. The Kier molecular flexibility index (Phi) is 49.2. The van der Waals surface area contributed by atoms with E-state index in [9.17, 15) is 0 Å². The van der Waals surface area contributed by atoms with Crippen LogP contribution in [0.25, 0.3) is 0 Å². The molecule has 0 radical (unpaired) electrons. The molecule has 0 rings (SSSR count). The molecular weight excluding hydrogens is 680 g/mol. The third kappa shape index (κ3) is 43.8. The van der Waals surface area contributed by atoms with Gasteiger partial charge >= 0.3 is 0 Å². The van der Waals surface area contributed by atoms with Crippen molar-refractivity contribution in [2.75, 3.05) is 24.6 Å². The van der Waals surface area contributed by atoms with Gasteiger partial charge in [-0.25, -0.2) is 0 Å². The average Bonchev–Trinajstić information content (AvgIpc) is 3.19. The summed E-state index contributed by atoms with van der Waals surface area (Å²) in [6.45, 7) is 9.36. The summed E-state index contributed by atoms with van der Waals surface area (Å²) in [4.78, 5) is 0. The van der Waals surface area contributed by atoms with Gasteiger partial charge in [0.1, 0.15) is 0 Å². The van der Waals surface area contributed by atoms with Crippen LogP contribution in [0.3, 0.4) is 0 Å². The van der Waals surface area contributed by atoms with Crippen molar-refractivity contribution in [1.29, 1.82) is 0 Å². The van der Waals surface area contributed by atoms with Crippen LogP contribution in [0.1, 0.15) is 323 Å². The van der Waals surface area contributed by atoms with Crippen LogP contribution in [-0.2, 0) is 0 Å². The third-order valence-corrected chi connectivity index (χ3v) is 18.5. The van der Waals surface area contributed by atoms with Crippen LogP contribution < -0.4 is 0 Å². The second-order valence-corrected chi connectivity index (χ2v) is 23.6. The molecular formula is C54H112P+. The van der Waals surface area contributed by atoms with Gasteiger partial charge in [0.15, 0.2) is 0 Å². The van der Waals surface area contributed by atoms with E-state index in [4.69, 9.17) is 0 Å². The summed E-state index contributed by atoms with van der Waals surface area (Å²) >= 11 is 0. The average molecular weight is 792 g/mol. The summed E-state index contributed by atoms with van der Waals surface area (Å²) in [6.07, 6.45) is 75.2. The van der Waals surface area contributed by atoms with Crippen molar-refractivity contribution in [3.63, 3.8) is 0 Å². The number of rotatable bonds is 50. The minimum Gasteiger partial charge on any atom is -0.0654 e. The Morgan fingerprint density at radius 1 is 0.145 bits per heavy atom. The van der Waals surface area contributed by atoms with Crippen LogP contribution in [-0.4, -0.2) is 24.6 Å². The van der Waals surface area contributed by atoms with E-state index in [0.29, 0.717) is 0 Å². The molecule has 0 amide bonds. The summed E-state index contributed by atoms with van der Waals surface area (Å²) in [7, 11) is -0.804. The molecule has 0 aliphatic rings. The molecule has 0 N–H and O–H groups in total. The highest BCUT2D eigenvalue weighted by Gasteiger charge is 2.35. The predicted molar refractivity (Wildman–Crippen MR) is 261 cm³/mol. The van der Waals surface area contributed by atoms with Crippen molar-refractivity contribution in [3.8, 4) is 0 Å². The molecule has 0 unspecified atom stereocenters. The molecule has 0 fully saturated rings. The maximum Gasteiger partial charge on any atom is 0.0594 e. The third-order valence-electron chi connectivity index (χ3n) is 13.4. The number of hydrogen-bond acceptors (Lipinski definition) is 0. The van der Waals surface area contributed by atoms with E-state index < -0.39 is 7.26 Å². The van der Waals surface area contributed by atoms with E-state index in [1.54, 1.807) is 50.3 Å². The van der Waals surface area contributed by atoms with E-state index in [0.717, 1.165) is 0 Å². The zero-order valence-corrected chi connectivity index (χ0v) is 40.7. The maximum atomic E-state index is 2.36. The van der Waals surface area contributed by atoms with Crippen LogP contribution in [0, 0.1) is 0 Å². The molecule has 0 aliphatic carbocycles. The van der Waals surface area contributed by atoms with Gasteiger partial charge in [0.05, 0.1) is 24.6 Å². The van der Waals surface area contributed by atoms with Crippen molar-refractivity contribution in [2.24, 2.45) is 0 Å². The molecule has 0 aromatic rings. The Labute approximate surface area is 353 Å². The van der Waals surface area contributed by atoms with Gasteiger partial charge in [0.25, 0.3) is 0 Å². The SMILES string of the molecule is CCCCCCCCCCCCCCC[P+](CCCCCCCCC)(CCCCCCCCCCCCCCC)CCCCCCCCCCCCCCC. The normalized spacial score (nSPS) is 12.0.